The molecule has 2 aromatic heterocycles. The van der Waals surface area contributed by atoms with Gasteiger partial charge in [-0.25, -0.2) is 9.37 Å². The van der Waals surface area contributed by atoms with Crippen LogP contribution in [0, 0.1) is 11.8 Å². The van der Waals surface area contributed by atoms with E-state index in [4.69, 9.17) is 4.74 Å². The lowest BCUT2D eigenvalue weighted by Crippen LogP contribution is -2.40. The van der Waals surface area contributed by atoms with Crippen LogP contribution in [-0.2, 0) is 4.74 Å². The first kappa shape index (κ1) is 16.3. The molecule has 0 spiro atoms. The van der Waals surface area contributed by atoms with Crippen molar-refractivity contribution in [3.8, 4) is 11.4 Å². The van der Waals surface area contributed by atoms with Crippen molar-refractivity contribution in [3.63, 3.8) is 0 Å². The Bertz CT molecular complexity index is 935. The average molecular weight is 356 g/mol. The van der Waals surface area contributed by atoms with Crippen LogP contribution >= 0.6 is 0 Å². The number of halogens is 2. The number of hydrogen-bond donors (Lipinski definition) is 2. The summed E-state index contributed by atoms with van der Waals surface area (Å²) in [5.74, 6) is -0.478. The molecule has 3 heterocycles. The second-order valence-corrected chi connectivity index (χ2v) is 5.66. The van der Waals surface area contributed by atoms with Crippen molar-refractivity contribution in [1.29, 1.82) is 0 Å². The first-order chi connectivity index (χ1) is 12.7. The molecule has 9 heteroatoms. The molecule has 3 aromatic rings. The molecular formula is C17H14F2N6O. The van der Waals surface area contributed by atoms with Gasteiger partial charge in [-0.15, -0.1) is 0 Å². The highest BCUT2D eigenvalue weighted by molar-refractivity contribution is 5.61. The molecule has 0 bridgehead atoms. The summed E-state index contributed by atoms with van der Waals surface area (Å²) in [5.41, 5.74) is 0.660. The van der Waals surface area contributed by atoms with E-state index < -0.39 is 11.8 Å². The van der Waals surface area contributed by atoms with Gasteiger partial charge < -0.3 is 15.4 Å². The number of rotatable bonds is 5. The fraction of sp³-hybridized carbons (Fsp3) is 0.176. The Morgan fingerprint density at radius 2 is 1.81 bits per heavy atom. The molecule has 4 rings (SSSR count). The van der Waals surface area contributed by atoms with Crippen LogP contribution in [0.2, 0.25) is 0 Å². The molecule has 1 aliphatic rings. The molecule has 0 unspecified atom stereocenters. The Morgan fingerprint density at radius 1 is 1.00 bits per heavy atom. The summed E-state index contributed by atoms with van der Waals surface area (Å²) in [5, 5.41) is 6.00. The van der Waals surface area contributed by atoms with Crippen molar-refractivity contribution in [3.05, 3.63) is 54.4 Å². The number of benzene rings is 1. The molecule has 1 aliphatic heterocycles. The predicted octanol–water partition coefficient (Wildman–Crippen LogP) is 2.77. The molecule has 0 aliphatic carbocycles. The molecule has 0 amide bonds. The molecule has 0 radical (unpaired) electrons. The van der Waals surface area contributed by atoms with Crippen molar-refractivity contribution < 1.29 is 13.5 Å². The highest BCUT2D eigenvalue weighted by Crippen LogP contribution is 2.23. The molecule has 2 N–H and O–H groups in total. The molecule has 26 heavy (non-hydrogen) atoms. The Labute approximate surface area is 147 Å². The molecular weight excluding hydrogens is 342 g/mol. The van der Waals surface area contributed by atoms with Gasteiger partial charge in [0.05, 0.1) is 24.8 Å². The van der Waals surface area contributed by atoms with E-state index in [1.165, 1.54) is 18.3 Å². The molecule has 1 fully saturated rings. The largest absolute Gasteiger partial charge is 0.377 e. The number of hydrogen-bond acceptors (Lipinski definition) is 7. The number of anilines is 3. The molecule has 7 nitrogen and oxygen atoms in total. The third-order valence-electron chi connectivity index (χ3n) is 3.70. The van der Waals surface area contributed by atoms with Crippen LogP contribution in [-0.4, -0.2) is 39.2 Å². The quantitative estimate of drug-likeness (QED) is 0.680. The third-order valence-corrected chi connectivity index (χ3v) is 3.70. The predicted molar refractivity (Wildman–Crippen MR) is 90.9 cm³/mol. The molecule has 1 saturated heterocycles. The SMILES string of the molecule is Fc1cc(Nc2nc(NC3COC3)nc(-c3ccccc3F)n2)ccn1. The summed E-state index contributed by atoms with van der Waals surface area (Å²) in [7, 11) is 0. The molecule has 132 valence electrons. The van der Waals surface area contributed by atoms with Crippen molar-refractivity contribution in [2.24, 2.45) is 0 Å². The second-order valence-electron chi connectivity index (χ2n) is 5.66. The maximum Gasteiger partial charge on any atom is 0.232 e. The van der Waals surface area contributed by atoms with E-state index in [1.807, 2.05) is 0 Å². The van der Waals surface area contributed by atoms with Crippen LogP contribution in [0.15, 0.2) is 42.6 Å². The Morgan fingerprint density at radius 3 is 2.54 bits per heavy atom. The zero-order chi connectivity index (χ0) is 17.9. The zero-order valence-electron chi connectivity index (χ0n) is 13.5. The summed E-state index contributed by atoms with van der Waals surface area (Å²) in [6.07, 6.45) is 1.32. The minimum Gasteiger partial charge on any atom is -0.377 e. The van der Waals surface area contributed by atoms with E-state index in [0.29, 0.717) is 18.9 Å². The number of pyridine rings is 1. The summed E-state index contributed by atoms with van der Waals surface area (Å²) < 4.78 is 32.6. The maximum absolute atomic E-state index is 14.1. The Balaban J connectivity index is 1.71. The Hall–Kier alpha value is -3.20. The molecule has 1 aromatic carbocycles. The van der Waals surface area contributed by atoms with E-state index in [9.17, 15) is 8.78 Å². The maximum atomic E-state index is 14.1. The number of ether oxygens (including phenoxy) is 1. The van der Waals surface area contributed by atoms with Gasteiger partial charge in [0.25, 0.3) is 0 Å². The van der Waals surface area contributed by atoms with Crippen molar-refractivity contribution in [1.82, 2.24) is 19.9 Å². The van der Waals surface area contributed by atoms with Gasteiger partial charge >= 0.3 is 0 Å². The minimum absolute atomic E-state index is 0.0806. The highest BCUT2D eigenvalue weighted by Gasteiger charge is 2.20. The van der Waals surface area contributed by atoms with Gasteiger partial charge in [0.2, 0.25) is 17.8 Å². The van der Waals surface area contributed by atoms with Crippen LogP contribution < -0.4 is 10.6 Å². The summed E-state index contributed by atoms with van der Waals surface area (Å²) in [6, 6.07) is 9.05. The van der Waals surface area contributed by atoms with E-state index >= 15 is 0 Å². The van der Waals surface area contributed by atoms with E-state index in [-0.39, 0.29) is 29.3 Å². The molecule has 0 saturated carbocycles. The van der Waals surface area contributed by atoms with E-state index in [0.717, 1.165) is 0 Å². The van der Waals surface area contributed by atoms with Gasteiger partial charge in [-0.2, -0.15) is 19.3 Å². The standard InChI is InChI=1S/C17H14F2N6O/c18-13-4-2-1-3-12(13)15-23-16(21-10-5-6-20-14(19)7-10)25-17(24-15)22-11-8-26-9-11/h1-7,11H,8-9H2,(H2,20,21,22,23,24,25). The van der Waals surface area contributed by atoms with Gasteiger partial charge in [0, 0.05) is 18.0 Å². The first-order valence-corrected chi connectivity index (χ1v) is 7.91. The minimum atomic E-state index is -0.636. The topological polar surface area (TPSA) is 84.9 Å². The van der Waals surface area contributed by atoms with Gasteiger partial charge in [-0.1, -0.05) is 12.1 Å². The summed E-state index contributed by atoms with van der Waals surface area (Å²) >= 11 is 0. The summed E-state index contributed by atoms with van der Waals surface area (Å²) in [6.45, 7) is 1.08. The van der Waals surface area contributed by atoms with Crippen molar-refractivity contribution in [2.75, 3.05) is 23.8 Å². The van der Waals surface area contributed by atoms with Gasteiger partial charge in [-0.05, 0) is 18.2 Å². The molecule has 0 atom stereocenters. The fourth-order valence-corrected chi connectivity index (χ4v) is 2.37. The number of nitrogens with one attached hydrogen (secondary N) is 2. The van der Waals surface area contributed by atoms with Crippen LogP contribution in [0.4, 0.5) is 26.4 Å². The smallest absolute Gasteiger partial charge is 0.232 e. The van der Waals surface area contributed by atoms with E-state index in [2.05, 4.69) is 30.6 Å². The highest BCUT2D eigenvalue weighted by atomic mass is 19.1. The lowest BCUT2D eigenvalue weighted by molar-refractivity contribution is 0.0208. The summed E-state index contributed by atoms with van der Waals surface area (Å²) in [4.78, 5) is 16.3. The second kappa shape index (κ2) is 6.96. The van der Waals surface area contributed by atoms with Gasteiger partial charge in [0.1, 0.15) is 5.82 Å². The Kier molecular flexibility index (Phi) is 4.36. The van der Waals surface area contributed by atoms with Crippen LogP contribution in [0.5, 0.6) is 0 Å². The first-order valence-electron chi connectivity index (χ1n) is 7.91. The van der Waals surface area contributed by atoms with Crippen molar-refractivity contribution >= 4 is 17.6 Å². The van der Waals surface area contributed by atoms with Crippen LogP contribution in [0.1, 0.15) is 0 Å². The van der Waals surface area contributed by atoms with Gasteiger partial charge in [0.15, 0.2) is 5.82 Å². The van der Waals surface area contributed by atoms with Crippen LogP contribution in [0.3, 0.4) is 0 Å². The third kappa shape index (κ3) is 3.57. The lowest BCUT2D eigenvalue weighted by atomic mass is 10.2. The monoisotopic (exact) mass is 356 g/mol. The average Bonchev–Trinajstić information content (AvgIpc) is 2.58. The van der Waals surface area contributed by atoms with E-state index in [1.54, 1.807) is 24.3 Å². The normalized spacial score (nSPS) is 13.9. The van der Waals surface area contributed by atoms with Crippen molar-refractivity contribution in [2.45, 2.75) is 6.04 Å². The fourth-order valence-electron chi connectivity index (χ4n) is 2.37. The number of aromatic nitrogens is 4. The van der Waals surface area contributed by atoms with Crippen LogP contribution in [0.25, 0.3) is 11.4 Å². The lowest BCUT2D eigenvalue weighted by Gasteiger charge is -2.26. The number of nitrogens with zero attached hydrogens (tertiary/aromatic N) is 4. The zero-order valence-corrected chi connectivity index (χ0v) is 13.5. The van der Waals surface area contributed by atoms with Gasteiger partial charge in [-0.3, -0.25) is 0 Å².